The number of piperidine rings is 1. The minimum absolute atomic E-state index is 0.565. The molecule has 2 rings (SSSR count). The molecule has 0 bridgehead atoms. The van der Waals surface area contributed by atoms with E-state index in [1.807, 2.05) is 12.3 Å². The van der Waals surface area contributed by atoms with Gasteiger partial charge in [0.05, 0.1) is 4.47 Å². The molecule has 0 aliphatic carbocycles. The van der Waals surface area contributed by atoms with E-state index in [1.54, 1.807) is 0 Å². The van der Waals surface area contributed by atoms with E-state index >= 15 is 0 Å². The van der Waals surface area contributed by atoms with Gasteiger partial charge in [-0.05, 0) is 46.8 Å². The van der Waals surface area contributed by atoms with Crippen LogP contribution in [0.4, 0.5) is 5.82 Å². The molecule has 2 heterocycles. The van der Waals surface area contributed by atoms with E-state index in [9.17, 15) is 0 Å². The molecule has 1 aromatic heterocycles. The molecule has 2 unspecified atom stereocenters. The zero-order chi connectivity index (χ0) is 11.7. The van der Waals surface area contributed by atoms with Crippen LogP contribution in [-0.2, 0) is 0 Å². The van der Waals surface area contributed by atoms with Crippen LogP contribution in [0.5, 0.6) is 0 Å². The second kappa shape index (κ2) is 5.05. The quantitative estimate of drug-likeness (QED) is 0.719. The normalized spacial score (nSPS) is 25.9. The summed E-state index contributed by atoms with van der Waals surface area (Å²) in [6, 6.07) is 2.03. The van der Waals surface area contributed by atoms with E-state index < -0.39 is 0 Å². The van der Waals surface area contributed by atoms with Crippen molar-refractivity contribution in [1.82, 2.24) is 4.98 Å². The number of anilines is 1. The predicted molar refractivity (Wildman–Crippen MR) is 75.4 cm³/mol. The Kier molecular flexibility index (Phi) is 3.90. The number of hydrogen-bond acceptors (Lipinski definition) is 2. The number of alkyl halides is 1. The van der Waals surface area contributed by atoms with Gasteiger partial charge < -0.3 is 4.90 Å². The van der Waals surface area contributed by atoms with Crippen molar-refractivity contribution >= 4 is 37.7 Å². The second-order valence-electron chi connectivity index (χ2n) is 4.49. The Morgan fingerprint density at radius 3 is 2.94 bits per heavy atom. The largest absolute Gasteiger partial charge is 0.355 e. The molecular formula is C12H16Br2N2. The van der Waals surface area contributed by atoms with Crippen molar-refractivity contribution in [2.45, 2.75) is 25.1 Å². The van der Waals surface area contributed by atoms with Crippen molar-refractivity contribution < 1.29 is 0 Å². The molecule has 1 aromatic rings. The third-order valence-corrected chi connectivity index (χ3v) is 5.40. The van der Waals surface area contributed by atoms with E-state index in [1.165, 1.54) is 12.0 Å². The van der Waals surface area contributed by atoms with Gasteiger partial charge in [0.15, 0.2) is 0 Å². The van der Waals surface area contributed by atoms with Crippen LogP contribution < -0.4 is 4.90 Å². The standard InChI is InChI=1S/C12H16Br2N2/c1-8-4-6-16(7-10(8)13)12-11(14)9(2)3-5-15-12/h3,5,8,10H,4,6-7H2,1-2H3. The number of hydrogen-bond donors (Lipinski definition) is 0. The topological polar surface area (TPSA) is 16.1 Å². The average Bonchev–Trinajstić information content (AvgIpc) is 2.26. The molecule has 1 aliphatic heterocycles. The zero-order valence-electron chi connectivity index (χ0n) is 9.58. The molecule has 16 heavy (non-hydrogen) atoms. The molecule has 1 fully saturated rings. The summed E-state index contributed by atoms with van der Waals surface area (Å²) in [5, 5.41) is 0. The van der Waals surface area contributed by atoms with E-state index in [0.717, 1.165) is 29.3 Å². The van der Waals surface area contributed by atoms with Crippen molar-refractivity contribution in [3.05, 3.63) is 22.3 Å². The van der Waals surface area contributed by atoms with Crippen LogP contribution in [-0.4, -0.2) is 22.9 Å². The summed E-state index contributed by atoms with van der Waals surface area (Å²) in [4.78, 5) is 7.40. The summed E-state index contributed by atoms with van der Waals surface area (Å²) in [7, 11) is 0. The average molecular weight is 348 g/mol. The molecule has 2 atom stereocenters. The molecule has 0 amide bonds. The van der Waals surface area contributed by atoms with E-state index in [2.05, 4.69) is 55.6 Å². The van der Waals surface area contributed by atoms with Gasteiger partial charge in [-0.1, -0.05) is 22.9 Å². The Balaban J connectivity index is 2.22. The first kappa shape index (κ1) is 12.4. The van der Waals surface area contributed by atoms with Crippen molar-refractivity contribution in [3.8, 4) is 0 Å². The summed E-state index contributed by atoms with van der Waals surface area (Å²) >= 11 is 7.38. The van der Waals surface area contributed by atoms with Crippen molar-refractivity contribution in [1.29, 1.82) is 0 Å². The van der Waals surface area contributed by atoms with Gasteiger partial charge >= 0.3 is 0 Å². The van der Waals surface area contributed by atoms with Gasteiger partial charge in [0.1, 0.15) is 5.82 Å². The lowest BCUT2D eigenvalue weighted by atomic mass is 9.99. The smallest absolute Gasteiger partial charge is 0.143 e. The number of nitrogens with zero attached hydrogens (tertiary/aromatic N) is 2. The fraction of sp³-hybridized carbons (Fsp3) is 0.583. The molecular weight excluding hydrogens is 332 g/mol. The van der Waals surface area contributed by atoms with Crippen molar-refractivity contribution in [3.63, 3.8) is 0 Å². The van der Waals surface area contributed by atoms with Gasteiger partial charge in [0.2, 0.25) is 0 Å². The van der Waals surface area contributed by atoms with Crippen LogP contribution in [0.1, 0.15) is 18.9 Å². The van der Waals surface area contributed by atoms with Gasteiger partial charge in [-0.3, -0.25) is 0 Å². The molecule has 4 heteroatoms. The lowest BCUT2D eigenvalue weighted by Gasteiger charge is -2.35. The van der Waals surface area contributed by atoms with Crippen LogP contribution >= 0.6 is 31.9 Å². The molecule has 1 saturated heterocycles. The van der Waals surface area contributed by atoms with Gasteiger partial charge in [-0.25, -0.2) is 4.98 Å². The highest BCUT2D eigenvalue weighted by molar-refractivity contribution is 9.10. The summed E-state index contributed by atoms with van der Waals surface area (Å²) in [6.45, 7) is 6.54. The van der Waals surface area contributed by atoms with Crippen LogP contribution in [0, 0.1) is 12.8 Å². The molecule has 88 valence electrons. The number of aryl methyl sites for hydroxylation is 1. The highest BCUT2D eigenvalue weighted by Gasteiger charge is 2.25. The molecule has 0 aromatic carbocycles. The van der Waals surface area contributed by atoms with Crippen LogP contribution in [0.3, 0.4) is 0 Å². The summed E-state index contributed by atoms with van der Waals surface area (Å²) in [5.41, 5.74) is 1.25. The highest BCUT2D eigenvalue weighted by Crippen LogP contribution is 2.31. The zero-order valence-corrected chi connectivity index (χ0v) is 12.8. The van der Waals surface area contributed by atoms with Gasteiger partial charge in [-0.2, -0.15) is 0 Å². The van der Waals surface area contributed by atoms with Crippen LogP contribution in [0.2, 0.25) is 0 Å². The van der Waals surface area contributed by atoms with Gasteiger partial charge in [0, 0.05) is 24.1 Å². The fourth-order valence-corrected chi connectivity index (χ4v) is 3.06. The summed E-state index contributed by atoms with van der Waals surface area (Å²) in [5.74, 6) is 1.83. The Bertz CT molecular complexity index is 381. The second-order valence-corrected chi connectivity index (χ2v) is 6.46. The Labute approximate surface area is 114 Å². The van der Waals surface area contributed by atoms with Crippen LogP contribution in [0.25, 0.3) is 0 Å². The van der Waals surface area contributed by atoms with Crippen molar-refractivity contribution in [2.75, 3.05) is 18.0 Å². The SMILES string of the molecule is Cc1ccnc(N2CCC(C)C(Br)C2)c1Br. The minimum Gasteiger partial charge on any atom is -0.355 e. The lowest BCUT2D eigenvalue weighted by Crippen LogP contribution is -2.40. The lowest BCUT2D eigenvalue weighted by molar-refractivity contribution is 0.454. The molecule has 1 aliphatic rings. The number of pyridine rings is 1. The van der Waals surface area contributed by atoms with Gasteiger partial charge in [-0.15, -0.1) is 0 Å². The highest BCUT2D eigenvalue weighted by atomic mass is 79.9. The van der Waals surface area contributed by atoms with E-state index in [-0.39, 0.29) is 0 Å². The molecule has 0 spiro atoms. The Hall–Kier alpha value is -0.0900. The van der Waals surface area contributed by atoms with E-state index in [0.29, 0.717) is 4.83 Å². The van der Waals surface area contributed by atoms with Gasteiger partial charge in [0.25, 0.3) is 0 Å². The predicted octanol–water partition coefficient (Wildman–Crippen LogP) is 3.76. The third-order valence-electron chi connectivity index (χ3n) is 3.23. The molecule has 2 nitrogen and oxygen atoms in total. The maximum Gasteiger partial charge on any atom is 0.143 e. The molecule has 0 N–H and O–H groups in total. The number of aromatic nitrogens is 1. The first-order chi connectivity index (χ1) is 7.59. The monoisotopic (exact) mass is 346 g/mol. The number of halogens is 2. The Morgan fingerprint density at radius 1 is 1.50 bits per heavy atom. The molecule has 0 saturated carbocycles. The Morgan fingerprint density at radius 2 is 2.25 bits per heavy atom. The maximum atomic E-state index is 4.48. The van der Waals surface area contributed by atoms with Crippen LogP contribution in [0.15, 0.2) is 16.7 Å². The third kappa shape index (κ3) is 2.43. The minimum atomic E-state index is 0.565. The first-order valence-electron chi connectivity index (χ1n) is 5.59. The van der Waals surface area contributed by atoms with Crippen molar-refractivity contribution in [2.24, 2.45) is 5.92 Å². The first-order valence-corrected chi connectivity index (χ1v) is 7.30. The maximum absolute atomic E-state index is 4.48. The summed E-state index contributed by atoms with van der Waals surface area (Å²) < 4.78 is 1.13. The molecule has 0 radical (unpaired) electrons. The summed E-state index contributed by atoms with van der Waals surface area (Å²) in [6.07, 6.45) is 3.11. The van der Waals surface area contributed by atoms with E-state index in [4.69, 9.17) is 0 Å². The fourth-order valence-electron chi connectivity index (χ4n) is 1.96. The number of rotatable bonds is 1.